The number of hydrogen-bond donors (Lipinski definition) is 1. The molecule has 4 heteroatoms. The van der Waals surface area contributed by atoms with Gasteiger partial charge in [-0.25, -0.2) is 4.39 Å². The minimum atomic E-state index is -0.257. The molecular weight excluding hydrogens is 277 g/mol. The Kier molecular flexibility index (Phi) is 3.64. The topological polar surface area (TPSA) is 21.3 Å². The van der Waals surface area contributed by atoms with E-state index >= 15 is 0 Å². The van der Waals surface area contributed by atoms with Crippen molar-refractivity contribution >= 4 is 11.6 Å². The smallest absolute Gasteiger partial charge is 0.131 e. The van der Waals surface area contributed by atoms with Crippen molar-refractivity contribution in [2.45, 2.75) is 12.5 Å². The highest BCUT2D eigenvalue weighted by molar-refractivity contribution is 6.33. The number of halogens is 2. The summed E-state index contributed by atoms with van der Waals surface area (Å²) >= 11 is 6.22. The van der Waals surface area contributed by atoms with Crippen molar-refractivity contribution in [3.63, 3.8) is 0 Å². The first-order chi connectivity index (χ1) is 9.69. The Morgan fingerprint density at radius 3 is 2.85 bits per heavy atom. The van der Waals surface area contributed by atoms with E-state index in [1.165, 1.54) is 6.07 Å². The Bertz CT molecular complexity index is 644. The summed E-state index contributed by atoms with van der Waals surface area (Å²) in [6.45, 7) is 0.734. The molecule has 1 aliphatic rings. The van der Waals surface area contributed by atoms with Crippen LogP contribution in [0.15, 0.2) is 36.4 Å². The molecule has 0 unspecified atom stereocenters. The molecule has 0 saturated carbocycles. The number of nitrogens with one attached hydrogen (secondary N) is 1. The lowest BCUT2D eigenvalue weighted by molar-refractivity contribution is 0.232. The van der Waals surface area contributed by atoms with Crippen LogP contribution in [0.1, 0.15) is 5.56 Å². The van der Waals surface area contributed by atoms with Crippen LogP contribution in [0.25, 0.3) is 11.1 Å². The van der Waals surface area contributed by atoms with Crippen molar-refractivity contribution in [1.29, 1.82) is 0 Å². The monoisotopic (exact) mass is 291 g/mol. The average Bonchev–Trinajstić information content (AvgIpc) is 2.81. The van der Waals surface area contributed by atoms with Crippen LogP contribution in [0.2, 0.25) is 5.02 Å². The molecular formula is C16H15ClFNO. The van der Waals surface area contributed by atoms with Gasteiger partial charge in [0.25, 0.3) is 0 Å². The van der Waals surface area contributed by atoms with Gasteiger partial charge in [-0.3, -0.25) is 0 Å². The highest BCUT2D eigenvalue weighted by Gasteiger charge is 2.27. The van der Waals surface area contributed by atoms with Crippen LogP contribution in [0, 0.1) is 5.82 Å². The molecule has 2 aromatic rings. The molecule has 0 amide bonds. The molecule has 0 saturated heterocycles. The van der Waals surface area contributed by atoms with E-state index in [4.69, 9.17) is 16.3 Å². The summed E-state index contributed by atoms with van der Waals surface area (Å²) in [7, 11) is 1.88. The second kappa shape index (κ2) is 5.43. The van der Waals surface area contributed by atoms with Crippen LogP contribution in [-0.2, 0) is 6.42 Å². The molecule has 2 nitrogen and oxygen atoms in total. The largest absolute Gasteiger partial charge is 0.488 e. The maximum Gasteiger partial charge on any atom is 0.131 e. The summed E-state index contributed by atoms with van der Waals surface area (Å²) in [6.07, 6.45) is 0.754. The quantitative estimate of drug-likeness (QED) is 0.932. The summed E-state index contributed by atoms with van der Waals surface area (Å²) < 4.78 is 19.8. The number of fused-ring (bicyclic) bond motifs is 1. The molecule has 0 aliphatic carbocycles. The van der Waals surface area contributed by atoms with E-state index in [0.29, 0.717) is 11.4 Å². The van der Waals surface area contributed by atoms with Crippen molar-refractivity contribution in [2.24, 2.45) is 0 Å². The molecule has 20 heavy (non-hydrogen) atoms. The molecule has 1 atom stereocenters. The van der Waals surface area contributed by atoms with Gasteiger partial charge in [0, 0.05) is 34.7 Å². The molecule has 0 radical (unpaired) electrons. The van der Waals surface area contributed by atoms with E-state index in [-0.39, 0.29) is 11.9 Å². The minimum absolute atomic E-state index is 0.0398. The Balaban J connectivity index is 2.08. The van der Waals surface area contributed by atoms with Gasteiger partial charge in [-0.05, 0) is 25.2 Å². The van der Waals surface area contributed by atoms with Crippen LogP contribution < -0.4 is 10.1 Å². The lowest BCUT2D eigenvalue weighted by Crippen LogP contribution is -2.27. The van der Waals surface area contributed by atoms with E-state index in [9.17, 15) is 4.39 Å². The van der Waals surface area contributed by atoms with E-state index < -0.39 is 0 Å². The lowest BCUT2D eigenvalue weighted by atomic mass is 10.00. The van der Waals surface area contributed by atoms with Gasteiger partial charge in [-0.15, -0.1) is 0 Å². The van der Waals surface area contributed by atoms with Gasteiger partial charge in [0.15, 0.2) is 0 Å². The lowest BCUT2D eigenvalue weighted by Gasteiger charge is -2.13. The summed E-state index contributed by atoms with van der Waals surface area (Å²) in [5.74, 6) is 0.493. The third-order valence-electron chi connectivity index (χ3n) is 3.46. The average molecular weight is 292 g/mol. The molecule has 1 N–H and O–H groups in total. The number of ether oxygens (including phenoxy) is 1. The molecule has 0 spiro atoms. The molecule has 2 aromatic carbocycles. The van der Waals surface area contributed by atoms with Crippen molar-refractivity contribution in [2.75, 3.05) is 13.6 Å². The normalized spacial score (nSPS) is 16.9. The highest BCUT2D eigenvalue weighted by Crippen LogP contribution is 2.41. The number of likely N-dealkylation sites (N-methyl/N-ethyl adjacent to an activating group) is 1. The minimum Gasteiger partial charge on any atom is -0.488 e. The maximum absolute atomic E-state index is 13.8. The standard InChI is InChI=1S/C16H15ClFNO/c1-19-9-12-7-10-6-11(18)8-14(16(10)20-12)13-4-2-3-5-15(13)17/h2-6,8,12,19H,7,9H2,1H3/t12-/m1/s1. The zero-order chi connectivity index (χ0) is 14.1. The fourth-order valence-corrected chi connectivity index (χ4v) is 2.85. The van der Waals surface area contributed by atoms with Crippen LogP contribution >= 0.6 is 11.6 Å². The predicted octanol–water partition coefficient (Wildman–Crippen LogP) is 3.67. The Hall–Kier alpha value is -1.58. The zero-order valence-corrected chi connectivity index (χ0v) is 11.9. The second-order valence-electron chi connectivity index (χ2n) is 4.92. The first-order valence-corrected chi connectivity index (χ1v) is 6.95. The Labute approximate surface area is 122 Å². The van der Waals surface area contributed by atoms with Crippen molar-refractivity contribution in [3.05, 3.63) is 52.8 Å². The Morgan fingerprint density at radius 1 is 1.30 bits per heavy atom. The van der Waals surface area contributed by atoms with Crippen LogP contribution in [-0.4, -0.2) is 19.7 Å². The van der Waals surface area contributed by atoms with E-state index in [0.717, 1.165) is 29.0 Å². The molecule has 0 bridgehead atoms. The fourth-order valence-electron chi connectivity index (χ4n) is 2.62. The SMILES string of the molecule is CNC[C@H]1Cc2cc(F)cc(-c3ccccc3Cl)c2O1. The van der Waals surface area contributed by atoms with Gasteiger partial charge in [0.2, 0.25) is 0 Å². The summed E-state index contributed by atoms with van der Waals surface area (Å²) in [4.78, 5) is 0. The third-order valence-corrected chi connectivity index (χ3v) is 3.79. The first-order valence-electron chi connectivity index (χ1n) is 6.57. The molecule has 3 rings (SSSR count). The van der Waals surface area contributed by atoms with Crippen molar-refractivity contribution in [3.8, 4) is 16.9 Å². The number of benzene rings is 2. The molecule has 104 valence electrons. The van der Waals surface area contributed by atoms with Gasteiger partial charge >= 0.3 is 0 Å². The predicted molar refractivity (Wildman–Crippen MR) is 78.9 cm³/mol. The molecule has 0 aromatic heterocycles. The highest BCUT2D eigenvalue weighted by atomic mass is 35.5. The molecule has 0 fully saturated rings. The first kappa shape index (κ1) is 13.4. The van der Waals surface area contributed by atoms with E-state index in [1.807, 2.05) is 25.2 Å². The van der Waals surface area contributed by atoms with E-state index in [1.54, 1.807) is 12.1 Å². The van der Waals surface area contributed by atoms with Gasteiger partial charge in [0.1, 0.15) is 17.7 Å². The van der Waals surface area contributed by atoms with Crippen molar-refractivity contribution in [1.82, 2.24) is 5.32 Å². The van der Waals surface area contributed by atoms with E-state index in [2.05, 4.69) is 5.32 Å². The molecule has 1 aliphatic heterocycles. The molecule has 1 heterocycles. The number of rotatable bonds is 3. The number of hydrogen-bond acceptors (Lipinski definition) is 2. The zero-order valence-electron chi connectivity index (χ0n) is 11.1. The third kappa shape index (κ3) is 2.39. The Morgan fingerprint density at radius 2 is 2.10 bits per heavy atom. The summed E-state index contributed by atoms with van der Waals surface area (Å²) in [5, 5.41) is 3.68. The maximum atomic E-state index is 13.8. The second-order valence-corrected chi connectivity index (χ2v) is 5.33. The fraction of sp³-hybridized carbons (Fsp3) is 0.250. The van der Waals surface area contributed by atoms with Crippen LogP contribution in [0.4, 0.5) is 4.39 Å². The van der Waals surface area contributed by atoms with Gasteiger partial charge in [-0.1, -0.05) is 29.8 Å². The van der Waals surface area contributed by atoms with Crippen LogP contribution in [0.3, 0.4) is 0 Å². The van der Waals surface area contributed by atoms with Crippen molar-refractivity contribution < 1.29 is 9.13 Å². The van der Waals surface area contributed by atoms with Gasteiger partial charge < -0.3 is 10.1 Å². The summed E-state index contributed by atoms with van der Waals surface area (Å²) in [5.41, 5.74) is 2.43. The van der Waals surface area contributed by atoms with Gasteiger partial charge in [0.05, 0.1) is 0 Å². The summed E-state index contributed by atoms with van der Waals surface area (Å²) in [6, 6.07) is 10.5. The van der Waals surface area contributed by atoms with Crippen LogP contribution in [0.5, 0.6) is 5.75 Å². The van der Waals surface area contributed by atoms with Gasteiger partial charge in [-0.2, -0.15) is 0 Å².